The molecule has 0 heterocycles. The second-order valence-corrected chi connectivity index (χ2v) is 5.69. The van der Waals surface area contributed by atoms with Crippen LogP contribution in [0.2, 0.25) is 0 Å². The number of rotatable bonds is 4. The summed E-state index contributed by atoms with van der Waals surface area (Å²) >= 11 is 0. The van der Waals surface area contributed by atoms with Gasteiger partial charge in [0.1, 0.15) is 12.2 Å². The Bertz CT molecular complexity index is 309. The van der Waals surface area contributed by atoms with E-state index in [1.54, 1.807) is 6.92 Å². The van der Waals surface area contributed by atoms with Gasteiger partial charge in [0.15, 0.2) is 0 Å². The molecule has 0 aromatic rings. The van der Waals surface area contributed by atoms with Crippen molar-refractivity contribution in [1.82, 2.24) is 0 Å². The summed E-state index contributed by atoms with van der Waals surface area (Å²) in [4.78, 5) is 23.7. The molecule has 18 heavy (non-hydrogen) atoms. The normalized spacial score (nSPS) is 31.5. The van der Waals surface area contributed by atoms with Crippen molar-refractivity contribution in [3.05, 3.63) is 0 Å². The van der Waals surface area contributed by atoms with Gasteiger partial charge in [-0.2, -0.15) is 0 Å². The predicted molar refractivity (Wildman–Crippen MR) is 69.0 cm³/mol. The summed E-state index contributed by atoms with van der Waals surface area (Å²) in [5, 5.41) is 0. The first-order chi connectivity index (χ1) is 8.72. The minimum Gasteiger partial charge on any atom is -0.466 e. The van der Waals surface area contributed by atoms with E-state index in [-0.39, 0.29) is 24.1 Å². The zero-order valence-corrected chi connectivity index (χ0v) is 11.3. The third kappa shape index (κ3) is 3.12. The van der Waals surface area contributed by atoms with Crippen LogP contribution in [0.25, 0.3) is 0 Å². The first-order valence-corrected chi connectivity index (χ1v) is 7.40. The number of carbonyl (C=O) groups is 2. The van der Waals surface area contributed by atoms with Crippen LogP contribution >= 0.6 is 0 Å². The highest BCUT2D eigenvalue weighted by atomic mass is 16.5. The zero-order valence-electron chi connectivity index (χ0n) is 11.3. The Morgan fingerprint density at radius 1 is 1.06 bits per heavy atom. The standard InChI is InChI=1S/C15H24O3/c1-2-18-15(17)10-14(16)13-9-5-7-11-6-3-4-8-12(11)13/h11-13H,2-10H2,1H3. The average molecular weight is 252 g/mol. The highest BCUT2D eigenvalue weighted by Gasteiger charge is 2.38. The van der Waals surface area contributed by atoms with E-state index in [4.69, 9.17) is 4.74 Å². The minimum absolute atomic E-state index is 0.0122. The molecule has 0 amide bonds. The lowest BCUT2D eigenvalue weighted by Crippen LogP contribution is -2.36. The van der Waals surface area contributed by atoms with Crippen LogP contribution in [-0.2, 0) is 14.3 Å². The number of ether oxygens (including phenoxy) is 1. The monoisotopic (exact) mass is 252 g/mol. The van der Waals surface area contributed by atoms with Crippen LogP contribution in [0.15, 0.2) is 0 Å². The molecule has 0 N–H and O–H groups in total. The molecule has 2 rings (SSSR count). The highest BCUT2D eigenvalue weighted by Crippen LogP contribution is 2.44. The van der Waals surface area contributed by atoms with Crippen LogP contribution in [-0.4, -0.2) is 18.4 Å². The van der Waals surface area contributed by atoms with E-state index in [2.05, 4.69) is 0 Å². The number of ketones is 1. The van der Waals surface area contributed by atoms with Gasteiger partial charge in [-0.25, -0.2) is 0 Å². The van der Waals surface area contributed by atoms with Crippen molar-refractivity contribution in [2.75, 3.05) is 6.61 Å². The second kappa shape index (κ2) is 6.35. The molecule has 3 atom stereocenters. The van der Waals surface area contributed by atoms with Gasteiger partial charge in [0, 0.05) is 5.92 Å². The number of fused-ring (bicyclic) bond motifs is 1. The molecule has 2 aliphatic carbocycles. The number of carbonyl (C=O) groups excluding carboxylic acids is 2. The third-order valence-electron chi connectivity index (χ3n) is 4.61. The molecule has 0 aromatic carbocycles. The maximum absolute atomic E-state index is 12.2. The molecule has 3 nitrogen and oxygen atoms in total. The second-order valence-electron chi connectivity index (χ2n) is 5.69. The topological polar surface area (TPSA) is 43.4 Å². The van der Waals surface area contributed by atoms with Gasteiger partial charge in [0.25, 0.3) is 0 Å². The molecule has 0 aromatic heterocycles. The Labute approximate surface area is 109 Å². The van der Waals surface area contributed by atoms with Crippen molar-refractivity contribution in [3.8, 4) is 0 Å². The largest absolute Gasteiger partial charge is 0.466 e. The van der Waals surface area contributed by atoms with Crippen molar-refractivity contribution in [2.45, 2.75) is 58.3 Å². The van der Waals surface area contributed by atoms with Crippen LogP contribution in [0.3, 0.4) is 0 Å². The van der Waals surface area contributed by atoms with Crippen LogP contribution in [0.1, 0.15) is 58.3 Å². The zero-order chi connectivity index (χ0) is 13.0. The smallest absolute Gasteiger partial charge is 0.313 e. The predicted octanol–water partition coefficient (Wildman–Crippen LogP) is 3.12. The molecule has 0 spiro atoms. The fourth-order valence-electron chi connectivity index (χ4n) is 3.82. The van der Waals surface area contributed by atoms with Crippen molar-refractivity contribution in [3.63, 3.8) is 0 Å². The number of hydrogen-bond acceptors (Lipinski definition) is 3. The average Bonchev–Trinajstić information content (AvgIpc) is 2.38. The highest BCUT2D eigenvalue weighted by molar-refractivity contribution is 5.97. The molecule has 2 saturated carbocycles. The van der Waals surface area contributed by atoms with Gasteiger partial charge in [-0.05, 0) is 31.6 Å². The molecular formula is C15H24O3. The van der Waals surface area contributed by atoms with Gasteiger partial charge in [0.2, 0.25) is 0 Å². The Morgan fingerprint density at radius 2 is 1.78 bits per heavy atom. The third-order valence-corrected chi connectivity index (χ3v) is 4.61. The first kappa shape index (κ1) is 13.6. The maximum atomic E-state index is 12.2. The van der Waals surface area contributed by atoms with Crippen molar-refractivity contribution < 1.29 is 14.3 Å². The van der Waals surface area contributed by atoms with E-state index in [0.29, 0.717) is 12.5 Å². The first-order valence-electron chi connectivity index (χ1n) is 7.40. The number of Topliss-reactive ketones (excluding diaryl/α,β-unsaturated/α-hetero) is 1. The van der Waals surface area contributed by atoms with Gasteiger partial charge >= 0.3 is 5.97 Å². The molecule has 0 bridgehead atoms. The van der Waals surface area contributed by atoms with Crippen LogP contribution in [0, 0.1) is 17.8 Å². The van der Waals surface area contributed by atoms with Crippen molar-refractivity contribution >= 4 is 11.8 Å². The fraction of sp³-hybridized carbons (Fsp3) is 0.867. The quantitative estimate of drug-likeness (QED) is 0.570. The van der Waals surface area contributed by atoms with Crippen LogP contribution < -0.4 is 0 Å². The van der Waals surface area contributed by atoms with Crippen LogP contribution in [0.4, 0.5) is 0 Å². The lowest BCUT2D eigenvalue weighted by Gasteiger charge is -2.40. The van der Waals surface area contributed by atoms with Gasteiger partial charge in [-0.15, -0.1) is 0 Å². The van der Waals surface area contributed by atoms with Crippen LogP contribution in [0.5, 0.6) is 0 Å². The van der Waals surface area contributed by atoms with E-state index in [0.717, 1.165) is 18.8 Å². The molecular weight excluding hydrogens is 228 g/mol. The van der Waals surface area contributed by atoms with Gasteiger partial charge < -0.3 is 4.74 Å². The SMILES string of the molecule is CCOC(=O)CC(=O)C1CCCC2CCCCC21. The Kier molecular flexibility index (Phi) is 4.79. The summed E-state index contributed by atoms with van der Waals surface area (Å²) in [7, 11) is 0. The van der Waals surface area contributed by atoms with Crippen molar-refractivity contribution in [1.29, 1.82) is 0 Å². The van der Waals surface area contributed by atoms with Crippen molar-refractivity contribution in [2.24, 2.45) is 17.8 Å². The van der Waals surface area contributed by atoms with Gasteiger partial charge in [-0.1, -0.05) is 32.1 Å². The van der Waals surface area contributed by atoms with E-state index in [1.807, 2.05) is 0 Å². The fourth-order valence-corrected chi connectivity index (χ4v) is 3.82. The Morgan fingerprint density at radius 3 is 2.56 bits per heavy atom. The Balaban J connectivity index is 1.93. The molecule has 2 aliphatic rings. The lowest BCUT2D eigenvalue weighted by atomic mass is 9.64. The van der Waals surface area contributed by atoms with Gasteiger partial charge in [0.05, 0.1) is 6.61 Å². The molecule has 0 radical (unpaired) electrons. The van der Waals surface area contributed by atoms with E-state index < -0.39 is 0 Å². The molecule has 3 unspecified atom stereocenters. The summed E-state index contributed by atoms with van der Waals surface area (Å²) in [6.07, 6.45) is 8.46. The van der Waals surface area contributed by atoms with Gasteiger partial charge in [-0.3, -0.25) is 9.59 Å². The molecule has 2 fully saturated rings. The number of hydrogen-bond donors (Lipinski definition) is 0. The molecule has 102 valence electrons. The summed E-state index contributed by atoms with van der Waals surface area (Å²) in [5.74, 6) is 1.21. The number of esters is 1. The summed E-state index contributed by atoms with van der Waals surface area (Å²) in [5.41, 5.74) is 0. The van der Waals surface area contributed by atoms with E-state index in [1.165, 1.54) is 32.1 Å². The summed E-state index contributed by atoms with van der Waals surface area (Å²) < 4.78 is 4.88. The lowest BCUT2D eigenvalue weighted by molar-refractivity contribution is -0.147. The Hall–Kier alpha value is -0.860. The summed E-state index contributed by atoms with van der Waals surface area (Å²) in [6, 6.07) is 0. The molecule has 0 saturated heterocycles. The van der Waals surface area contributed by atoms with E-state index in [9.17, 15) is 9.59 Å². The van der Waals surface area contributed by atoms with E-state index >= 15 is 0 Å². The molecule has 3 heteroatoms. The maximum Gasteiger partial charge on any atom is 0.313 e. The summed E-state index contributed by atoms with van der Waals surface area (Å²) in [6.45, 7) is 2.14. The minimum atomic E-state index is -0.347. The molecule has 0 aliphatic heterocycles.